The molecule has 9 nitrogen and oxygen atoms in total. The quantitative estimate of drug-likeness (QED) is 0.470. The number of aryl methyl sites for hydroxylation is 1. The maximum Gasteiger partial charge on any atom is 0.265 e. The molecule has 198 valence electrons. The highest BCUT2D eigenvalue weighted by molar-refractivity contribution is 7.89. The number of nitrogens with zero attached hydrogens (tertiary/aromatic N) is 2. The predicted molar refractivity (Wildman–Crippen MR) is 143 cm³/mol. The van der Waals surface area contributed by atoms with E-state index in [2.05, 4.69) is 5.32 Å². The molecule has 1 fully saturated rings. The van der Waals surface area contributed by atoms with Crippen LogP contribution in [0.4, 0.5) is 11.4 Å². The van der Waals surface area contributed by atoms with Gasteiger partial charge in [-0.2, -0.15) is 4.31 Å². The lowest BCUT2D eigenvalue weighted by molar-refractivity contribution is -0.121. The van der Waals surface area contributed by atoms with Crippen molar-refractivity contribution in [3.8, 4) is 11.5 Å². The first-order valence-electron chi connectivity index (χ1n) is 12.5. The van der Waals surface area contributed by atoms with Gasteiger partial charge >= 0.3 is 0 Å². The van der Waals surface area contributed by atoms with Crippen molar-refractivity contribution >= 4 is 33.2 Å². The van der Waals surface area contributed by atoms with Gasteiger partial charge in [0.1, 0.15) is 18.1 Å². The molecular formula is C28H29N3O6S. The minimum atomic E-state index is -3.54. The van der Waals surface area contributed by atoms with Gasteiger partial charge in [0.15, 0.2) is 6.61 Å². The maximum atomic E-state index is 12.8. The molecule has 0 bridgehead atoms. The zero-order valence-corrected chi connectivity index (χ0v) is 21.9. The van der Waals surface area contributed by atoms with Gasteiger partial charge in [-0.1, -0.05) is 17.7 Å². The number of nitrogens with one attached hydrogen (secondary N) is 1. The van der Waals surface area contributed by atoms with Crippen LogP contribution in [0.1, 0.15) is 28.8 Å². The second-order valence-electron chi connectivity index (χ2n) is 9.27. The van der Waals surface area contributed by atoms with Crippen molar-refractivity contribution in [2.45, 2.75) is 24.7 Å². The third-order valence-electron chi connectivity index (χ3n) is 6.58. The lowest BCUT2D eigenvalue weighted by atomic mass is 10.2. The van der Waals surface area contributed by atoms with Crippen molar-refractivity contribution in [1.29, 1.82) is 0 Å². The lowest BCUT2D eigenvalue weighted by Crippen LogP contribution is -2.41. The van der Waals surface area contributed by atoms with Crippen molar-refractivity contribution in [2.75, 3.05) is 43.1 Å². The van der Waals surface area contributed by atoms with Crippen LogP contribution in [0.5, 0.6) is 11.5 Å². The van der Waals surface area contributed by atoms with Crippen molar-refractivity contribution < 1.29 is 27.5 Å². The van der Waals surface area contributed by atoms with Crippen LogP contribution in [0, 0.1) is 6.92 Å². The summed E-state index contributed by atoms with van der Waals surface area (Å²) in [5.74, 6) is 0.650. The highest BCUT2D eigenvalue weighted by Gasteiger charge is 2.28. The smallest absolute Gasteiger partial charge is 0.265 e. The number of carbonyl (C=O) groups excluding carboxylic acids is 2. The Balaban J connectivity index is 1.23. The average Bonchev–Trinajstić information content (AvgIpc) is 3.47. The van der Waals surface area contributed by atoms with Crippen molar-refractivity contribution in [2.24, 2.45) is 0 Å². The summed E-state index contributed by atoms with van der Waals surface area (Å²) in [6.07, 6.45) is 1.72. The van der Waals surface area contributed by atoms with Crippen molar-refractivity contribution in [3.05, 3.63) is 77.9 Å². The Bertz CT molecular complexity index is 1430. The Labute approximate surface area is 222 Å². The zero-order chi connectivity index (χ0) is 26.7. The van der Waals surface area contributed by atoms with Gasteiger partial charge in [0, 0.05) is 30.4 Å². The van der Waals surface area contributed by atoms with Crippen LogP contribution in [-0.4, -0.2) is 57.4 Å². The molecule has 3 aromatic rings. The van der Waals surface area contributed by atoms with Crippen molar-refractivity contribution in [1.82, 2.24) is 4.31 Å². The number of benzene rings is 3. The van der Waals surface area contributed by atoms with E-state index in [9.17, 15) is 18.0 Å². The Kier molecular flexibility index (Phi) is 7.35. The molecule has 0 saturated carbocycles. The van der Waals surface area contributed by atoms with Crippen LogP contribution in [0.3, 0.4) is 0 Å². The number of hydrogen-bond donors (Lipinski definition) is 1. The summed E-state index contributed by atoms with van der Waals surface area (Å²) in [6.45, 7) is 3.60. The van der Waals surface area contributed by atoms with E-state index in [1.54, 1.807) is 23.1 Å². The first kappa shape index (κ1) is 25.7. The van der Waals surface area contributed by atoms with Gasteiger partial charge in [0.05, 0.1) is 17.1 Å². The molecule has 2 aliphatic rings. The summed E-state index contributed by atoms with van der Waals surface area (Å²) < 4.78 is 38.3. The van der Waals surface area contributed by atoms with Crippen LogP contribution in [0.15, 0.2) is 71.6 Å². The lowest BCUT2D eigenvalue weighted by Gasteiger charge is -2.29. The van der Waals surface area contributed by atoms with Crippen LogP contribution in [0.2, 0.25) is 0 Å². The summed E-state index contributed by atoms with van der Waals surface area (Å²) in [5, 5.41) is 2.81. The van der Waals surface area contributed by atoms with E-state index in [1.165, 1.54) is 28.6 Å². The third-order valence-corrected chi connectivity index (χ3v) is 8.50. The minimum absolute atomic E-state index is 0.109. The highest BCUT2D eigenvalue weighted by atomic mass is 32.2. The number of hydrogen-bond acceptors (Lipinski definition) is 6. The molecule has 0 aromatic heterocycles. The standard InChI is InChI=1S/C28H29N3O6S/c1-20-4-9-23(10-5-20)36-17-16-31-25-13-8-22(18-26(25)37-19-27(31)32)29-28(33)21-6-11-24(12-7-21)38(34,35)30-14-2-3-15-30/h4-13,18H,2-3,14-17,19H2,1H3,(H,29,33). The van der Waals surface area contributed by atoms with Gasteiger partial charge in [0.2, 0.25) is 10.0 Å². The topological polar surface area (TPSA) is 105 Å². The number of carbonyl (C=O) groups is 2. The predicted octanol–water partition coefficient (Wildman–Crippen LogP) is 3.84. The number of sulfonamides is 1. The van der Waals surface area contributed by atoms with Crippen LogP contribution < -0.4 is 19.7 Å². The fourth-order valence-corrected chi connectivity index (χ4v) is 5.99. The molecule has 0 spiro atoms. The minimum Gasteiger partial charge on any atom is -0.492 e. The van der Waals surface area contributed by atoms with E-state index in [0.717, 1.165) is 24.2 Å². The SMILES string of the molecule is Cc1ccc(OCCN2C(=O)COc3cc(NC(=O)c4ccc(S(=O)(=O)N5CCCC5)cc4)ccc32)cc1. The fourth-order valence-electron chi connectivity index (χ4n) is 4.48. The average molecular weight is 536 g/mol. The van der Waals surface area contributed by atoms with Crippen LogP contribution in [-0.2, 0) is 14.8 Å². The molecular weight excluding hydrogens is 506 g/mol. The molecule has 38 heavy (non-hydrogen) atoms. The van der Waals surface area contributed by atoms with E-state index in [1.807, 2.05) is 31.2 Å². The molecule has 0 aliphatic carbocycles. The first-order chi connectivity index (χ1) is 18.3. The van der Waals surface area contributed by atoms with Gasteiger partial charge in [-0.05, 0) is 68.3 Å². The summed E-state index contributed by atoms with van der Waals surface area (Å²) in [7, 11) is -3.54. The second-order valence-corrected chi connectivity index (χ2v) is 11.2. The Morgan fingerprint density at radius 3 is 2.42 bits per heavy atom. The Morgan fingerprint density at radius 2 is 1.71 bits per heavy atom. The molecule has 10 heteroatoms. The number of ether oxygens (including phenoxy) is 2. The molecule has 0 atom stereocenters. The van der Waals surface area contributed by atoms with Gasteiger partial charge in [-0.3, -0.25) is 9.59 Å². The summed E-state index contributed by atoms with van der Waals surface area (Å²) >= 11 is 0. The molecule has 0 unspecified atom stereocenters. The number of rotatable bonds is 8. The molecule has 2 heterocycles. The van der Waals surface area contributed by atoms with E-state index >= 15 is 0 Å². The first-order valence-corrected chi connectivity index (χ1v) is 13.9. The Morgan fingerprint density at radius 1 is 1.00 bits per heavy atom. The monoisotopic (exact) mass is 535 g/mol. The third kappa shape index (κ3) is 5.51. The molecule has 2 aliphatic heterocycles. The normalized spacial score (nSPS) is 15.6. The molecule has 3 aromatic carbocycles. The number of amides is 2. The number of fused-ring (bicyclic) bond motifs is 1. The van der Waals surface area contributed by atoms with E-state index < -0.39 is 10.0 Å². The fraction of sp³-hybridized carbons (Fsp3) is 0.286. The van der Waals surface area contributed by atoms with Gasteiger partial charge < -0.3 is 19.7 Å². The summed E-state index contributed by atoms with van der Waals surface area (Å²) in [4.78, 5) is 27.1. The van der Waals surface area contributed by atoms with Gasteiger partial charge in [-0.15, -0.1) is 0 Å². The molecule has 0 radical (unpaired) electrons. The molecule has 1 N–H and O–H groups in total. The van der Waals surface area contributed by atoms with E-state index in [-0.39, 0.29) is 23.3 Å². The highest BCUT2D eigenvalue weighted by Crippen LogP contribution is 2.34. The Hall–Kier alpha value is -3.89. The molecule has 1 saturated heterocycles. The van der Waals surface area contributed by atoms with E-state index in [4.69, 9.17) is 9.47 Å². The maximum absolute atomic E-state index is 12.8. The van der Waals surface area contributed by atoms with Crippen LogP contribution >= 0.6 is 0 Å². The van der Waals surface area contributed by atoms with Crippen molar-refractivity contribution in [3.63, 3.8) is 0 Å². The zero-order valence-electron chi connectivity index (χ0n) is 21.1. The van der Waals surface area contributed by atoms with E-state index in [0.29, 0.717) is 48.9 Å². The van der Waals surface area contributed by atoms with Crippen LogP contribution in [0.25, 0.3) is 0 Å². The summed E-state index contributed by atoms with van der Waals surface area (Å²) in [5.41, 5.74) is 2.56. The number of anilines is 2. The molecule has 5 rings (SSSR count). The summed E-state index contributed by atoms with van der Waals surface area (Å²) in [6, 6.07) is 18.7. The van der Waals surface area contributed by atoms with Gasteiger partial charge in [-0.25, -0.2) is 8.42 Å². The largest absolute Gasteiger partial charge is 0.492 e. The van der Waals surface area contributed by atoms with Gasteiger partial charge in [0.25, 0.3) is 11.8 Å². The second kappa shape index (κ2) is 10.8. The molecule has 2 amide bonds.